The Morgan fingerprint density at radius 1 is 1.16 bits per heavy atom. The summed E-state index contributed by atoms with van der Waals surface area (Å²) in [5, 5.41) is 14.2. The van der Waals surface area contributed by atoms with Crippen molar-refractivity contribution in [2.24, 2.45) is 10.7 Å². The summed E-state index contributed by atoms with van der Waals surface area (Å²) in [5.41, 5.74) is 9.18. The molecular formula is C28H32N6O3. The number of piperidine rings is 1. The molecule has 3 N–H and O–H groups in total. The molecule has 2 aliphatic rings. The van der Waals surface area contributed by atoms with Gasteiger partial charge in [0, 0.05) is 25.2 Å². The lowest BCUT2D eigenvalue weighted by Gasteiger charge is -2.33. The third-order valence-corrected chi connectivity index (χ3v) is 6.73. The average Bonchev–Trinajstić information content (AvgIpc) is 3.30. The van der Waals surface area contributed by atoms with E-state index in [0.29, 0.717) is 0 Å². The zero-order chi connectivity index (χ0) is 25.8. The van der Waals surface area contributed by atoms with Gasteiger partial charge in [-0.2, -0.15) is 5.10 Å². The first-order valence-corrected chi connectivity index (χ1v) is 12.6. The molecule has 0 amide bonds. The summed E-state index contributed by atoms with van der Waals surface area (Å²) < 4.78 is 7.97. The van der Waals surface area contributed by atoms with E-state index >= 15 is 0 Å². The Kier molecular flexibility index (Phi) is 7.23. The van der Waals surface area contributed by atoms with Crippen molar-refractivity contribution in [1.82, 2.24) is 19.6 Å². The second-order valence-electron chi connectivity index (χ2n) is 9.31. The van der Waals surface area contributed by atoms with Crippen LogP contribution in [0.3, 0.4) is 0 Å². The number of carbonyl (C=O) groups is 1. The van der Waals surface area contributed by atoms with E-state index in [2.05, 4.69) is 17.2 Å². The summed E-state index contributed by atoms with van der Waals surface area (Å²) in [5.74, 6) is 1.36. The van der Waals surface area contributed by atoms with Gasteiger partial charge in [-0.3, -0.25) is 4.79 Å². The number of carboxylic acids is 1. The van der Waals surface area contributed by atoms with Crippen molar-refractivity contribution in [3.63, 3.8) is 0 Å². The molecule has 1 aromatic heterocycles. The summed E-state index contributed by atoms with van der Waals surface area (Å²) in [7, 11) is 0. The lowest BCUT2D eigenvalue weighted by Crippen LogP contribution is -2.37. The zero-order valence-electron chi connectivity index (χ0n) is 20.9. The fraction of sp³-hybridized carbons (Fsp3) is 0.321. The fourth-order valence-electron chi connectivity index (χ4n) is 4.93. The van der Waals surface area contributed by atoms with E-state index in [1.807, 2.05) is 66.2 Å². The molecule has 2 atom stereocenters. The molecule has 1 saturated heterocycles. The van der Waals surface area contributed by atoms with Crippen LogP contribution in [-0.2, 0) is 4.79 Å². The van der Waals surface area contributed by atoms with E-state index < -0.39 is 12.1 Å². The van der Waals surface area contributed by atoms with Crippen molar-refractivity contribution in [3.05, 3.63) is 72.4 Å². The first-order valence-electron chi connectivity index (χ1n) is 12.6. The molecule has 3 aromatic rings. The van der Waals surface area contributed by atoms with Gasteiger partial charge < -0.3 is 25.4 Å². The Hall–Kier alpha value is -4.11. The van der Waals surface area contributed by atoms with Crippen LogP contribution in [0.5, 0.6) is 11.5 Å². The van der Waals surface area contributed by atoms with Crippen LogP contribution in [0.2, 0.25) is 0 Å². The number of aliphatic carboxylic acids is 1. The number of allylic oxidation sites excluding steroid dienone is 1. The summed E-state index contributed by atoms with van der Waals surface area (Å²) in [6.07, 6.45) is 7.32. The monoisotopic (exact) mass is 500 g/mol. The molecule has 2 aliphatic heterocycles. The molecule has 5 rings (SSSR count). The number of aliphatic imine (C=N–C) groups is 1. The number of hydrogen-bond acceptors (Lipinski definition) is 7. The zero-order valence-corrected chi connectivity index (χ0v) is 20.9. The average molecular weight is 501 g/mol. The van der Waals surface area contributed by atoms with Crippen molar-refractivity contribution >= 4 is 18.1 Å². The van der Waals surface area contributed by atoms with Gasteiger partial charge in [-0.15, -0.1) is 0 Å². The Bertz CT molecular complexity index is 1290. The number of ether oxygens (including phenoxy) is 1. The number of nitrogens with zero attached hydrogens (tertiary/aromatic N) is 5. The van der Waals surface area contributed by atoms with E-state index in [1.165, 1.54) is 0 Å². The van der Waals surface area contributed by atoms with Gasteiger partial charge in [-0.25, -0.2) is 9.67 Å². The van der Waals surface area contributed by atoms with Gasteiger partial charge in [0.05, 0.1) is 24.4 Å². The van der Waals surface area contributed by atoms with Gasteiger partial charge in [0.25, 0.3) is 0 Å². The first kappa shape index (κ1) is 24.6. The van der Waals surface area contributed by atoms with Gasteiger partial charge in [0.15, 0.2) is 5.82 Å². The van der Waals surface area contributed by atoms with Gasteiger partial charge in [0.2, 0.25) is 0 Å². The Balaban J connectivity index is 1.49. The third-order valence-electron chi connectivity index (χ3n) is 6.73. The van der Waals surface area contributed by atoms with E-state index in [-0.39, 0.29) is 19.0 Å². The smallest absolute Gasteiger partial charge is 0.305 e. The summed E-state index contributed by atoms with van der Waals surface area (Å²) in [6, 6.07) is 17.6. The number of para-hydroxylation sites is 1. The number of likely N-dealkylation sites (tertiary alicyclic amines) is 1. The Labute approximate surface area is 216 Å². The number of fused-ring (bicyclic) bond motifs is 1. The minimum absolute atomic E-state index is 0.0228. The quantitative estimate of drug-likeness (QED) is 0.452. The van der Waals surface area contributed by atoms with Crippen LogP contribution in [-0.4, -0.2) is 56.6 Å². The lowest BCUT2D eigenvalue weighted by molar-refractivity contribution is -0.137. The predicted octanol–water partition coefficient (Wildman–Crippen LogP) is 4.92. The molecule has 1 fully saturated rings. The molecule has 3 heterocycles. The minimum Gasteiger partial charge on any atom is -0.481 e. The molecule has 9 heteroatoms. The highest BCUT2D eigenvalue weighted by Crippen LogP contribution is 2.41. The normalized spacial score (nSPS) is 19.3. The Morgan fingerprint density at radius 2 is 1.92 bits per heavy atom. The van der Waals surface area contributed by atoms with Crippen LogP contribution in [0.25, 0.3) is 11.3 Å². The number of rotatable bonds is 8. The van der Waals surface area contributed by atoms with Gasteiger partial charge in [0.1, 0.15) is 23.4 Å². The highest BCUT2D eigenvalue weighted by Gasteiger charge is 2.33. The van der Waals surface area contributed by atoms with Crippen LogP contribution >= 0.6 is 0 Å². The van der Waals surface area contributed by atoms with Crippen LogP contribution < -0.4 is 10.5 Å². The second-order valence-corrected chi connectivity index (χ2v) is 9.31. The largest absolute Gasteiger partial charge is 0.481 e. The molecule has 0 saturated carbocycles. The molecule has 192 valence electrons. The molecule has 0 spiro atoms. The van der Waals surface area contributed by atoms with Crippen molar-refractivity contribution in [2.45, 2.75) is 38.4 Å². The maximum Gasteiger partial charge on any atom is 0.305 e. The van der Waals surface area contributed by atoms with Crippen molar-refractivity contribution in [1.29, 1.82) is 0 Å². The third kappa shape index (κ3) is 5.36. The molecule has 0 bridgehead atoms. The molecular weight excluding hydrogens is 468 g/mol. The highest BCUT2D eigenvalue weighted by molar-refractivity contribution is 5.76. The van der Waals surface area contributed by atoms with Crippen LogP contribution in [0.1, 0.15) is 44.0 Å². The number of hydrogen-bond donors (Lipinski definition) is 2. The van der Waals surface area contributed by atoms with Crippen molar-refractivity contribution in [3.8, 4) is 22.8 Å². The molecule has 1 unspecified atom stereocenters. The summed E-state index contributed by atoms with van der Waals surface area (Å²) >= 11 is 0. The molecule has 9 nitrogen and oxygen atoms in total. The van der Waals surface area contributed by atoms with Gasteiger partial charge >= 0.3 is 5.97 Å². The number of carboxylic acid groups (broad SMARTS) is 1. The maximum absolute atomic E-state index is 11.2. The number of nitrogens with two attached hydrogens (primary N) is 1. The standard InChI is InChI=1S/C28H32N6O3/c1-2-15-32-16-6-7-21(18-32)34-28-25(27(29)33(19-30-28)17-14-24(35)36)26(31-34)20-10-12-23(13-11-20)37-22-8-4-3-5-9-22/h2-5,8-13,15,19,21,27H,6-7,14,16-18,29H2,1H3,(H,35,36)/t21?,27-/m1/s1. The SMILES string of the molecule is CC=CN1CCCC(n2nc(-c3ccc(Oc4ccccc4)cc3)c3c2N=CN(CCC(=O)O)[C@H]3N)C1. The molecule has 2 aromatic carbocycles. The summed E-state index contributed by atoms with van der Waals surface area (Å²) in [6.45, 7) is 4.16. The fourth-order valence-corrected chi connectivity index (χ4v) is 4.93. The van der Waals surface area contributed by atoms with E-state index in [9.17, 15) is 9.90 Å². The molecule has 0 aliphatic carbocycles. The molecule has 0 radical (unpaired) electrons. The predicted molar refractivity (Wildman–Crippen MR) is 143 cm³/mol. The second kappa shape index (κ2) is 10.9. The highest BCUT2D eigenvalue weighted by atomic mass is 16.5. The summed E-state index contributed by atoms with van der Waals surface area (Å²) in [4.78, 5) is 20.0. The van der Waals surface area contributed by atoms with Crippen molar-refractivity contribution in [2.75, 3.05) is 19.6 Å². The Morgan fingerprint density at radius 3 is 2.65 bits per heavy atom. The lowest BCUT2D eigenvalue weighted by atomic mass is 10.0. The first-order chi connectivity index (χ1) is 18.0. The number of aromatic nitrogens is 2. The van der Waals surface area contributed by atoms with E-state index in [0.717, 1.165) is 60.1 Å². The van der Waals surface area contributed by atoms with Gasteiger partial charge in [-0.1, -0.05) is 24.3 Å². The maximum atomic E-state index is 11.2. The number of benzene rings is 2. The van der Waals surface area contributed by atoms with E-state index in [1.54, 1.807) is 11.2 Å². The molecule has 37 heavy (non-hydrogen) atoms. The van der Waals surface area contributed by atoms with Crippen LogP contribution in [0.4, 0.5) is 5.82 Å². The van der Waals surface area contributed by atoms with Crippen LogP contribution in [0.15, 0.2) is 71.9 Å². The van der Waals surface area contributed by atoms with Crippen molar-refractivity contribution < 1.29 is 14.6 Å². The minimum atomic E-state index is -0.873. The van der Waals surface area contributed by atoms with Crippen LogP contribution in [0, 0.1) is 0 Å². The van der Waals surface area contributed by atoms with Gasteiger partial charge in [-0.05, 0) is 62.4 Å². The van der Waals surface area contributed by atoms with E-state index in [4.69, 9.17) is 20.6 Å². The topological polar surface area (TPSA) is 109 Å².